The van der Waals surface area contributed by atoms with E-state index >= 15 is 0 Å². The fraction of sp³-hybridized carbons (Fsp3) is 0.125. The van der Waals surface area contributed by atoms with Gasteiger partial charge in [0, 0.05) is 22.3 Å². The summed E-state index contributed by atoms with van der Waals surface area (Å²) in [5.74, 6) is 0.135. The van der Waals surface area contributed by atoms with Gasteiger partial charge in [0.05, 0.1) is 9.40 Å². The van der Waals surface area contributed by atoms with Crippen LogP contribution in [-0.2, 0) is 4.79 Å². The van der Waals surface area contributed by atoms with E-state index in [9.17, 15) is 14.9 Å². The molecule has 136 valence electrons. The van der Waals surface area contributed by atoms with Crippen LogP contribution in [0.2, 0.25) is 0 Å². The van der Waals surface area contributed by atoms with Crippen molar-refractivity contribution in [3.05, 3.63) is 61.0 Å². The van der Waals surface area contributed by atoms with Gasteiger partial charge in [0.1, 0.15) is 5.75 Å². The van der Waals surface area contributed by atoms with Crippen LogP contribution in [0.1, 0.15) is 5.56 Å². The maximum absolute atomic E-state index is 12.0. The molecule has 0 saturated heterocycles. The van der Waals surface area contributed by atoms with E-state index in [2.05, 4.69) is 42.5 Å². The Bertz CT molecular complexity index is 836. The van der Waals surface area contributed by atoms with Crippen molar-refractivity contribution in [3.8, 4) is 5.75 Å². The van der Waals surface area contributed by atoms with Gasteiger partial charge in [-0.2, -0.15) is 0 Å². The Morgan fingerprint density at radius 1 is 1.27 bits per heavy atom. The molecule has 0 bridgehead atoms. The molecule has 10 heteroatoms. The lowest BCUT2D eigenvalue weighted by molar-refractivity contribution is -0.384. The van der Waals surface area contributed by atoms with Gasteiger partial charge in [-0.1, -0.05) is 15.9 Å². The molecule has 1 amide bonds. The van der Waals surface area contributed by atoms with Crippen LogP contribution in [0, 0.1) is 17.0 Å². The third-order valence-corrected chi connectivity index (χ3v) is 4.38. The number of non-ortho nitro benzene ring substituents is 1. The minimum Gasteiger partial charge on any atom is -0.482 e. The number of carbonyl (C=O) groups excluding carboxylic acids is 1. The van der Waals surface area contributed by atoms with E-state index < -0.39 is 10.8 Å². The fourth-order valence-corrected chi connectivity index (χ4v) is 3.79. The number of nitrogens with one attached hydrogen (secondary N) is 2. The second-order valence-electron chi connectivity index (χ2n) is 5.13. The zero-order valence-electron chi connectivity index (χ0n) is 13.4. The Kier molecular flexibility index (Phi) is 7.06. The normalized spacial score (nSPS) is 10.1. The third kappa shape index (κ3) is 5.75. The molecule has 0 saturated carbocycles. The summed E-state index contributed by atoms with van der Waals surface area (Å²) in [5.41, 5.74) is 1.35. The Morgan fingerprint density at radius 3 is 2.50 bits per heavy atom. The summed E-state index contributed by atoms with van der Waals surface area (Å²) in [7, 11) is 0. The molecule has 0 atom stereocenters. The molecule has 0 fully saturated rings. The maximum atomic E-state index is 12.0. The van der Waals surface area contributed by atoms with E-state index in [4.69, 9.17) is 17.0 Å². The van der Waals surface area contributed by atoms with Crippen LogP contribution >= 0.6 is 44.1 Å². The maximum Gasteiger partial charge on any atom is 0.269 e. The number of nitrogens with zero attached hydrogens (tertiary/aromatic N) is 1. The van der Waals surface area contributed by atoms with Crippen molar-refractivity contribution < 1.29 is 14.5 Å². The molecule has 0 unspecified atom stereocenters. The van der Waals surface area contributed by atoms with Crippen LogP contribution in [-0.4, -0.2) is 22.5 Å². The summed E-state index contributed by atoms with van der Waals surface area (Å²) in [5, 5.41) is 15.9. The van der Waals surface area contributed by atoms with Gasteiger partial charge >= 0.3 is 0 Å². The Morgan fingerprint density at radius 2 is 1.92 bits per heavy atom. The van der Waals surface area contributed by atoms with Crippen LogP contribution in [0.15, 0.2) is 45.3 Å². The van der Waals surface area contributed by atoms with E-state index in [1.54, 1.807) is 0 Å². The number of carbonyl (C=O) groups is 1. The summed E-state index contributed by atoms with van der Waals surface area (Å²) < 4.78 is 7.16. The number of rotatable bonds is 5. The zero-order valence-corrected chi connectivity index (χ0v) is 17.4. The molecule has 2 N–H and O–H groups in total. The van der Waals surface area contributed by atoms with Crippen molar-refractivity contribution in [3.63, 3.8) is 0 Å². The van der Waals surface area contributed by atoms with Crippen LogP contribution in [0.5, 0.6) is 5.75 Å². The molecule has 2 aromatic rings. The molecular weight excluding hydrogens is 490 g/mol. The lowest BCUT2D eigenvalue weighted by Gasteiger charge is -2.13. The van der Waals surface area contributed by atoms with Crippen molar-refractivity contribution in [2.24, 2.45) is 0 Å². The molecule has 0 radical (unpaired) electrons. The van der Waals surface area contributed by atoms with Gasteiger partial charge in [-0.25, -0.2) is 0 Å². The van der Waals surface area contributed by atoms with Crippen molar-refractivity contribution in [1.82, 2.24) is 5.32 Å². The number of hydrogen-bond donors (Lipinski definition) is 2. The lowest BCUT2D eigenvalue weighted by atomic mass is 10.2. The molecule has 0 aliphatic carbocycles. The largest absolute Gasteiger partial charge is 0.482 e. The second kappa shape index (κ2) is 9.06. The summed E-state index contributed by atoms with van der Waals surface area (Å²) >= 11 is 11.8. The number of anilines is 1. The van der Waals surface area contributed by atoms with E-state index in [1.165, 1.54) is 24.3 Å². The molecule has 26 heavy (non-hydrogen) atoms. The third-order valence-electron chi connectivity index (χ3n) is 3.13. The zero-order chi connectivity index (χ0) is 19.3. The molecule has 0 aliphatic rings. The lowest BCUT2D eigenvalue weighted by Crippen LogP contribution is -2.37. The van der Waals surface area contributed by atoms with Gasteiger partial charge in [0.2, 0.25) is 0 Å². The van der Waals surface area contributed by atoms with Crippen molar-refractivity contribution in [2.75, 3.05) is 11.9 Å². The van der Waals surface area contributed by atoms with Crippen molar-refractivity contribution in [1.29, 1.82) is 0 Å². The average Bonchev–Trinajstić information content (AvgIpc) is 2.54. The standard InChI is InChI=1S/C16H13Br2N3O4S/c1-9-6-10(17)7-13(18)15(9)25-8-14(22)20-16(26)19-11-2-4-12(5-3-11)21(23)24/h2-7H,8H2,1H3,(H2,19,20,22,26). The van der Waals surface area contributed by atoms with Gasteiger partial charge < -0.3 is 10.1 Å². The van der Waals surface area contributed by atoms with Crippen molar-refractivity contribution in [2.45, 2.75) is 6.92 Å². The molecule has 0 aromatic heterocycles. The van der Waals surface area contributed by atoms with E-state index in [-0.39, 0.29) is 17.4 Å². The van der Waals surface area contributed by atoms with Crippen LogP contribution in [0.3, 0.4) is 0 Å². The Labute approximate surface area is 171 Å². The summed E-state index contributed by atoms with van der Waals surface area (Å²) in [6.45, 7) is 1.65. The quantitative estimate of drug-likeness (QED) is 0.359. The predicted molar refractivity (Wildman–Crippen MR) is 110 cm³/mol. The Balaban J connectivity index is 1.87. The smallest absolute Gasteiger partial charge is 0.269 e. The highest BCUT2D eigenvalue weighted by molar-refractivity contribution is 9.11. The van der Waals surface area contributed by atoms with Gasteiger partial charge in [-0.15, -0.1) is 0 Å². The molecule has 2 aromatic carbocycles. The summed E-state index contributed by atoms with van der Waals surface area (Å²) in [6, 6.07) is 9.36. The number of ether oxygens (including phenoxy) is 1. The molecule has 2 rings (SSSR count). The van der Waals surface area contributed by atoms with Gasteiger partial charge in [-0.3, -0.25) is 20.2 Å². The number of aryl methyl sites for hydroxylation is 1. The topological polar surface area (TPSA) is 93.5 Å². The second-order valence-corrected chi connectivity index (χ2v) is 7.31. The number of hydrogen-bond acceptors (Lipinski definition) is 5. The fourth-order valence-electron chi connectivity index (χ4n) is 2.00. The molecule has 7 nitrogen and oxygen atoms in total. The molecular formula is C16H13Br2N3O4S. The SMILES string of the molecule is Cc1cc(Br)cc(Br)c1OCC(=O)NC(=S)Nc1ccc([N+](=O)[O-])cc1. The minimum absolute atomic E-state index is 0.0330. The van der Waals surface area contributed by atoms with Crippen LogP contribution in [0.4, 0.5) is 11.4 Å². The number of nitro benzene ring substituents is 1. The van der Waals surface area contributed by atoms with Gasteiger partial charge in [0.25, 0.3) is 11.6 Å². The van der Waals surface area contributed by atoms with E-state index in [0.29, 0.717) is 11.4 Å². The van der Waals surface area contributed by atoms with Crippen molar-refractivity contribution >= 4 is 66.5 Å². The highest BCUT2D eigenvalue weighted by Crippen LogP contribution is 2.32. The number of halogens is 2. The summed E-state index contributed by atoms with van der Waals surface area (Å²) in [6.07, 6.45) is 0. The molecule has 0 heterocycles. The van der Waals surface area contributed by atoms with Crippen LogP contribution in [0.25, 0.3) is 0 Å². The number of benzene rings is 2. The highest BCUT2D eigenvalue weighted by atomic mass is 79.9. The van der Waals surface area contributed by atoms with E-state index in [1.807, 2.05) is 19.1 Å². The number of thiocarbonyl (C=S) groups is 1. The minimum atomic E-state index is -0.497. The van der Waals surface area contributed by atoms with Gasteiger partial charge in [-0.05, 0) is 64.9 Å². The first kappa shape index (κ1) is 20.3. The highest BCUT2D eigenvalue weighted by Gasteiger charge is 2.11. The van der Waals surface area contributed by atoms with Gasteiger partial charge in [0.15, 0.2) is 11.7 Å². The molecule has 0 spiro atoms. The van der Waals surface area contributed by atoms with E-state index in [0.717, 1.165) is 14.5 Å². The number of amides is 1. The average molecular weight is 503 g/mol. The van der Waals surface area contributed by atoms with Crippen LogP contribution < -0.4 is 15.4 Å². The summed E-state index contributed by atoms with van der Waals surface area (Å²) in [4.78, 5) is 22.1. The molecule has 0 aliphatic heterocycles. The first-order valence-corrected chi connectivity index (χ1v) is 9.19. The monoisotopic (exact) mass is 501 g/mol. The first-order valence-electron chi connectivity index (χ1n) is 7.20. The number of nitro groups is 1. The first-order chi connectivity index (χ1) is 12.3. The Hall–Kier alpha value is -2.04. The predicted octanol–water partition coefficient (Wildman–Crippen LogP) is 4.32.